The molecule has 1 heterocycles. The molecule has 3 nitrogen and oxygen atoms in total. The molecule has 0 aliphatic heterocycles. The highest BCUT2D eigenvalue weighted by Crippen LogP contribution is 2.27. The van der Waals surface area contributed by atoms with E-state index in [2.05, 4.69) is 15.2 Å². The number of rotatable bonds is 1. The van der Waals surface area contributed by atoms with Crippen molar-refractivity contribution in [1.29, 1.82) is 0 Å². The van der Waals surface area contributed by atoms with Crippen LogP contribution in [0.1, 0.15) is 0 Å². The van der Waals surface area contributed by atoms with E-state index in [0.717, 1.165) is 5.56 Å². The van der Waals surface area contributed by atoms with Crippen molar-refractivity contribution >= 4 is 23.2 Å². The van der Waals surface area contributed by atoms with E-state index in [9.17, 15) is 0 Å². The van der Waals surface area contributed by atoms with Gasteiger partial charge >= 0.3 is 0 Å². The van der Waals surface area contributed by atoms with Crippen LogP contribution in [0, 0.1) is 0 Å². The lowest BCUT2D eigenvalue weighted by atomic mass is 10.2. The lowest BCUT2D eigenvalue weighted by Gasteiger charge is -1.99. The molecule has 0 fully saturated rings. The zero-order valence-corrected chi connectivity index (χ0v) is 7.97. The molecule has 1 aromatic heterocycles. The fraction of sp³-hybridized carbons (Fsp3) is 0. The molecular formula is C8H5Cl2N3. The van der Waals surface area contributed by atoms with Crippen molar-refractivity contribution in [2.75, 3.05) is 0 Å². The van der Waals surface area contributed by atoms with E-state index in [1.807, 2.05) is 0 Å². The second-order valence-electron chi connectivity index (χ2n) is 2.46. The summed E-state index contributed by atoms with van der Waals surface area (Å²) in [5, 5.41) is 7.62. The summed E-state index contributed by atoms with van der Waals surface area (Å²) in [6.07, 6.45) is 1.43. The van der Waals surface area contributed by atoms with E-state index in [-0.39, 0.29) is 0 Å². The molecule has 0 aliphatic carbocycles. The Morgan fingerprint density at radius 1 is 1.23 bits per heavy atom. The van der Waals surface area contributed by atoms with Gasteiger partial charge in [-0.3, -0.25) is 5.10 Å². The third kappa shape index (κ3) is 1.66. The summed E-state index contributed by atoms with van der Waals surface area (Å²) in [5.74, 6) is 0.640. The van der Waals surface area contributed by atoms with Gasteiger partial charge in [0.05, 0.1) is 5.02 Å². The molecular weight excluding hydrogens is 209 g/mol. The van der Waals surface area contributed by atoms with Gasteiger partial charge in [-0.2, -0.15) is 5.10 Å². The minimum absolute atomic E-state index is 0.559. The second-order valence-corrected chi connectivity index (χ2v) is 3.30. The van der Waals surface area contributed by atoms with Gasteiger partial charge in [0.2, 0.25) is 0 Å². The van der Waals surface area contributed by atoms with Gasteiger partial charge in [0.25, 0.3) is 0 Å². The van der Waals surface area contributed by atoms with Crippen LogP contribution < -0.4 is 0 Å². The molecule has 1 aromatic carbocycles. The van der Waals surface area contributed by atoms with Crippen LogP contribution in [0.25, 0.3) is 11.4 Å². The molecule has 0 saturated heterocycles. The molecule has 0 atom stereocenters. The Morgan fingerprint density at radius 3 is 2.69 bits per heavy atom. The van der Waals surface area contributed by atoms with Gasteiger partial charge < -0.3 is 0 Å². The number of halogens is 2. The Morgan fingerprint density at radius 2 is 2.08 bits per heavy atom. The summed E-state index contributed by atoms with van der Waals surface area (Å²) in [6, 6.07) is 5.22. The van der Waals surface area contributed by atoms with Gasteiger partial charge in [-0.15, -0.1) is 0 Å². The maximum absolute atomic E-state index is 5.95. The van der Waals surface area contributed by atoms with E-state index in [1.54, 1.807) is 18.2 Å². The summed E-state index contributed by atoms with van der Waals surface area (Å²) in [5.41, 5.74) is 0.795. The van der Waals surface area contributed by atoms with Crippen molar-refractivity contribution in [2.24, 2.45) is 0 Å². The van der Waals surface area contributed by atoms with Crippen LogP contribution in [0.15, 0.2) is 24.5 Å². The summed E-state index contributed by atoms with van der Waals surface area (Å²) < 4.78 is 0. The number of benzene rings is 1. The molecule has 0 radical (unpaired) electrons. The number of aromatic amines is 1. The lowest BCUT2D eigenvalue weighted by molar-refractivity contribution is 1.10. The monoisotopic (exact) mass is 213 g/mol. The Labute approximate surface area is 84.7 Å². The Hall–Kier alpha value is -1.06. The molecule has 0 bridgehead atoms. The highest BCUT2D eigenvalue weighted by molar-refractivity contribution is 6.36. The van der Waals surface area contributed by atoms with Gasteiger partial charge in [0.1, 0.15) is 6.33 Å². The minimum Gasteiger partial charge on any atom is -0.259 e. The second kappa shape index (κ2) is 3.36. The van der Waals surface area contributed by atoms with Crippen molar-refractivity contribution < 1.29 is 0 Å². The third-order valence-electron chi connectivity index (χ3n) is 1.60. The number of hydrogen-bond donors (Lipinski definition) is 1. The lowest BCUT2D eigenvalue weighted by Crippen LogP contribution is -1.82. The quantitative estimate of drug-likeness (QED) is 0.792. The van der Waals surface area contributed by atoms with Gasteiger partial charge in [-0.1, -0.05) is 23.2 Å². The minimum atomic E-state index is 0.559. The molecule has 0 spiro atoms. The maximum Gasteiger partial charge on any atom is 0.156 e. The number of nitrogens with zero attached hydrogens (tertiary/aromatic N) is 2. The first kappa shape index (κ1) is 8.53. The van der Waals surface area contributed by atoms with E-state index in [4.69, 9.17) is 23.2 Å². The molecule has 0 aliphatic rings. The van der Waals surface area contributed by atoms with Crippen molar-refractivity contribution in [2.45, 2.75) is 0 Å². The first-order valence-electron chi connectivity index (χ1n) is 3.58. The predicted octanol–water partition coefficient (Wildman–Crippen LogP) is 2.78. The molecule has 5 heteroatoms. The van der Waals surface area contributed by atoms with Crippen molar-refractivity contribution in [3.8, 4) is 11.4 Å². The Balaban J connectivity index is 2.53. The highest BCUT2D eigenvalue weighted by Gasteiger charge is 2.05. The molecule has 0 saturated carbocycles. The van der Waals surface area contributed by atoms with E-state index >= 15 is 0 Å². The summed E-state index contributed by atoms with van der Waals surface area (Å²) in [7, 11) is 0. The van der Waals surface area contributed by atoms with E-state index in [1.165, 1.54) is 6.33 Å². The standard InChI is InChI=1S/C8H5Cl2N3/c9-5-1-2-6(7(10)3-5)8-11-4-12-13-8/h1-4H,(H,11,12,13). The normalized spacial score (nSPS) is 10.3. The largest absolute Gasteiger partial charge is 0.259 e. The number of H-pyrrole nitrogens is 1. The summed E-state index contributed by atoms with van der Waals surface area (Å²) in [6.45, 7) is 0. The molecule has 1 N–H and O–H groups in total. The molecule has 66 valence electrons. The van der Waals surface area contributed by atoms with E-state index in [0.29, 0.717) is 15.9 Å². The molecule has 2 rings (SSSR count). The molecule has 0 amide bonds. The van der Waals surface area contributed by atoms with Crippen LogP contribution in [0.5, 0.6) is 0 Å². The number of hydrogen-bond acceptors (Lipinski definition) is 2. The summed E-state index contributed by atoms with van der Waals surface area (Å²) >= 11 is 11.7. The van der Waals surface area contributed by atoms with Crippen molar-refractivity contribution in [3.63, 3.8) is 0 Å². The zero-order valence-electron chi connectivity index (χ0n) is 6.46. The van der Waals surface area contributed by atoms with Gasteiger partial charge in [-0.25, -0.2) is 4.98 Å². The maximum atomic E-state index is 5.95. The van der Waals surface area contributed by atoms with Crippen molar-refractivity contribution in [1.82, 2.24) is 15.2 Å². The first-order chi connectivity index (χ1) is 6.27. The molecule has 0 unspecified atom stereocenters. The predicted molar refractivity (Wildman–Crippen MR) is 51.8 cm³/mol. The Bertz CT molecular complexity index is 411. The van der Waals surface area contributed by atoms with Crippen LogP contribution in [0.4, 0.5) is 0 Å². The average molecular weight is 214 g/mol. The Kier molecular flexibility index (Phi) is 2.20. The molecule has 13 heavy (non-hydrogen) atoms. The average Bonchev–Trinajstić information content (AvgIpc) is 2.56. The smallest absolute Gasteiger partial charge is 0.156 e. The van der Waals surface area contributed by atoms with E-state index < -0.39 is 0 Å². The van der Waals surface area contributed by atoms with Crippen LogP contribution >= 0.6 is 23.2 Å². The highest BCUT2D eigenvalue weighted by atomic mass is 35.5. The van der Waals surface area contributed by atoms with Gasteiger partial charge in [0, 0.05) is 10.6 Å². The van der Waals surface area contributed by atoms with Gasteiger partial charge in [-0.05, 0) is 18.2 Å². The first-order valence-corrected chi connectivity index (χ1v) is 4.34. The zero-order chi connectivity index (χ0) is 9.26. The molecule has 2 aromatic rings. The van der Waals surface area contributed by atoms with Crippen LogP contribution in [0.2, 0.25) is 10.0 Å². The van der Waals surface area contributed by atoms with Crippen molar-refractivity contribution in [3.05, 3.63) is 34.6 Å². The number of aromatic nitrogens is 3. The van der Waals surface area contributed by atoms with Gasteiger partial charge in [0.15, 0.2) is 5.82 Å². The number of nitrogens with one attached hydrogen (secondary N) is 1. The van der Waals surface area contributed by atoms with Crippen LogP contribution in [-0.4, -0.2) is 15.2 Å². The fourth-order valence-electron chi connectivity index (χ4n) is 1.02. The van der Waals surface area contributed by atoms with Crippen LogP contribution in [-0.2, 0) is 0 Å². The third-order valence-corrected chi connectivity index (χ3v) is 2.15. The topological polar surface area (TPSA) is 41.6 Å². The fourth-order valence-corrected chi connectivity index (χ4v) is 1.51. The SMILES string of the molecule is Clc1ccc(-c2ncn[nH]2)c(Cl)c1. The summed E-state index contributed by atoms with van der Waals surface area (Å²) in [4.78, 5) is 3.98. The van der Waals surface area contributed by atoms with Crippen LogP contribution in [0.3, 0.4) is 0 Å².